The van der Waals surface area contributed by atoms with Gasteiger partial charge in [-0.05, 0) is 48.6 Å². The number of halogens is 1. The van der Waals surface area contributed by atoms with Gasteiger partial charge in [-0.15, -0.1) is 23.7 Å². The van der Waals surface area contributed by atoms with Gasteiger partial charge >= 0.3 is 0 Å². The Hall–Kier alpha value is -3.27. The van der Waals surface area contributed by atoms with E-state index in [9.17, 15) is 9.59 Å². The molecule has 0 aliphatic rings. The summed E-state index contributed by atoms with van der Waals surface area (Å²) in [5.41, 5.74) is 1.65. The molecule has 2 aromatic carbocycles. The first-order valence-electron chi connectivity index (χ1n) is 9.85. The summed E-state index contributed by atoms with van der Waals surface area (Å²) in [5.74, 6) is 2.50. The van der Waals surface area contributed by atoms with Crippen LogP contribution in [0.25, 0.3) is 0 Å². The summed E-state index contributed by atoms with van der Waals surface area (Å²) in [4.78, 5) is 27.2. The molecule has 1 aromatic heterocycles. The number of nitrogens with zero attached hydrogens (tertiary/aromatic N) is 1. The van der Waals surface area contributed by atoms with Crippen molar-refractivity contribution in [2.75, 3.05) is 18.6 Å². The maximum atomic E-state index is 13.1. The van der Waals surface area contributed by atoms with Crippen molar-refractivity contribution >= 4 is 40.9 Å². The number of nitrogens with one attached hydrogen (secondary N) is 1. The van der Waals surface area contributed by atoms with Gasteiger partial charge in [-0.25, -0.2) is 0 Å². The second-order valence-corrected chi connectivity index (χ2v) is 7.95. The van der Waals surface area contributed by atoms with Gasteiger partial charge in [0.2, 0.25) is 12.3 Å². The number of terminal acetylenes is 1. The number of rotatable bonds is 9. The van der Waals surface area contributed by atoms with Crippen molar-refractivity contribution in [1.82, 2.24) is 5.32 Å². The Morgan fingerprint density at radius 3 is 2.53 bits per heavy atom. The highest BCUT2D eigenvalue weighted by molar-refractivity contribution is 7.10. The quantitative estimate of drug-likeness (QED) is 0.350. The Morgan fingerprint density at radius 2 is 1.97 bits per heavy atom. The van der Waals surface area contributed by atoms with Gasteiger partial charge < -0.3 is 10.1 Å². The topological polar surface area (TPSA) is 58.6 Å². The molecule has 1 heterocycles. The molecule has 0 spiro atoms. The van der Waals surface area contributed by atoms with Crippen molar-refractivity contribution in [2.45, 2.75) is 19.4 Å². The molecule has 0 aliphatic carbocycles. The number of methoxy groups -OCH3 is 1. The van der Waals surface area contributed by atoms with Crippen LogP contribution in [0, 0.1) is 12.3 Å². The molecule has 0 bridgehead atoms. The summed E-state index contributed by atoms with van der Waals surface area (Å²) < 4.78 is 5.17. The zero-order valence-corrected chi connectivity index (χ0v) is 19.5. The molecule has 7 heteroatoms. The van der Waals surface area contributed by atoms with E-state index < -0.39 is 6.04 Å². The monoisotopic (exact) mass is 468 g/mol. The number of thiophene rings is 1. The van der Waals surface area contributed by atoms with Crippen LogP contribution in [0.5, 0.6) is 5.75 Å². The van der Waals surface area contributed by atoms with Crippen LogP contribution in [0.1, 0.15) is 23.4 Å². The number of ether oxygens (including phenoxy) is 1. The molecule has 2 amide bonds. The van der Waals surface area contributed by atoms with Gasteiger partial charge in [-0.1, -0.05) is 48.0 Å². The first-order chi connectivity index (χ1) is 15.5. The molecule has 3 rings (SSSR count). The summed E-state index contributed by atoms with van der Waals surface area (Å²) in [7, 11) is 1.52. The van der Waals surface area contributed by atoms with Crippen molar-refractivity contribution in [2.24, 2.45) is 0 Å². The van der Waals surface area contributed by atoms with Crippen LogP contribution >= 0.6 is 22.9 Å². The number of amides is 2. The minimum atomic E-state index is -0.785. The number of carbonyl (C=O) groups is 2. The third kappa shape index (κ3) is 6.88. The van der Waals surface area contributed by atoms with E-state index in [1.54, 1.807) is 25.1 Å². The minimum absolute atomic E-state index is 0.248. The van der Waals surface area contributed by atoms with E-state index in [2.05, 4.69) is 17.7 Å². The average molecular weight is 469 g/mol. The fraction of sp³-hybridized carbons (Fsp3) is 0.200. The highest BCUT2D eigenvalue weighted by Gasteiger charge is 2.29. The molecule has 5 nitrogen and oxygen atoms in total. The van der Waals surface area contributed by atoms with Crippen molar-refractivity contribution in [1.29, 1.82) is 0 Å². The second-order valence-electron chi connectivity index (χ2n) is 6.56. The Morgan fingerprint density at radius 1 is 1.25 bits per heavy atom. The lowest BCUT2D eigenvalue weighted by molar-refractivity contribution is -0.124. The van der Waals surface area contributed by atoms with E-state index in [0.717, 1.165) is 10.4 Å². The van der Waals surface area contributed by atoms with Gasteiger partial charge in [0.15, 0.2) is 0 Å². The van der Waals surface area contributed by atoms with Crippen molar-refractivity contribution in [3.05, 3.63) is 81.5 Å². The van der Waals surface area contributed by atoms with E-state index >= 15 is 0 Å². The molecule has 0 saturated carbocycles. The molecule has 1 atom stereocenters. The van der Waals surface area contributed by atoms with E-state index in [0.29, 0.717) is 35.8 Å². The van der Waals surface area contributed by atoms with Crippen molar-refractivity contribution in [3.8, 4) is 18.1 Å². The van der Waals surface area contributed by atoms with E-state index in [-0.39, 0.29) is 5.91 Å². The van der Waals surface area contributed by atoms with Crippen LogP contribution in [-0.2, 0) is 16.0 Å². The van der Waals surface area contributed by atoms with Crippen molar-refractivity contribution in [3.63, 3.8) is 0 Å². The molecule has 1 unspecified atom stereocenters. The molecule has 0 fully saturated rings. The summed E-state index contributed by atoms with van der Waals surface area (Å²) in [5, 5.41) is 5.20. The van der Waals surface area contributed by atoms with Gasteiger partial charge in [-0.2, -0.15) is 0 Å². The third-order valence-electron chi connectivity index (χ3n) is 4.44. The highest BCUT2D eigenvalue weighted by atomic mass is 35.5. The average Bonchev–Trinajstić information content (AvgIpc) is 3.32. The Labute approximate surface area is 198 Å². The molecular formula is C25H25ClN2O3S. The van der Waals surface area contributed by atoms with Crippen LogP contribution < -0.4 is 15.0 Å². The lowest BCUT2D eigenvalue weighted by atomic mass is 10.1. The lowest BCUT2D eigenvalue weighted by Gasteiger charge is -2.27. The maximum absolute atomic E-state index is 13.1. The predicted octanol–water partition coefficient (Wildman–Crippen LogP) is 5.11. The third-order valence-corrected chi connectivity index (χ3v) is 5.66. The molecule has 1 N–H and O–H groups in total. The highest BCUT2D eigenvalue weighted by Crippen LogP contribution is 2.34. The molecular weight excluding hydrogens is 444 g/mol. The standard InChI is InChI=1S/C22H21ClN2O3S.C3H4/c1-28-19-10-9-17(14-18(19)23)25(15-26)21(20-8-5-13-29-20)22(27)24-12-11-16-6-3-2-4-7-16;1-3-2/h2-10,13-15,21H,11-12H2,1H3,(H,24,27);1H,2H3. The first kappa shape index (κ1) is 25.0. The number of anilines is 1. The van der Waals surface area contributed by atoms with Crippen molar-refractivity contribution < 1.29 is 14.3 Å². The van der Waals surface area contributed by atoms with Gasteiger partial charge in [0.1, 0.15) is 11.8 Å². The largest absolute Gasteiger partial charge is 0.495 e. The number of carbonyl (C=O) groups excluding carboxylic acids is 2. The SMILES string of the molecule is C#CC.COc1ccc(N(C=O)C(C(=O)NCCc2ccccc2)c2cccs2)cc1Cl. The Kier molecular flexibility index (Phi) is 10.3. The van der Waals surface area contributed by atoms with Crippen LogP contribution in [-0.4, -0.2) is 26.0 Å². The van der Waals surface area contributed by atoms with E-state index in [1.807, 2.05) is 47.8 Å². The lowest BCUT2D eigenvalue weighted by Crippen LogP contribution is -2.40. The summed E-state index contributed by atoms with van der Waals surface area (Å²) in [6.45, 7) is 2.13. The summed E-state index contributed by atoms with van der Waals surface area (Å²) in [6, 6.07) is 17.8. The molecule has 0 radical (unpaired) electrons. The van der Waals surface area contributed by atoms with Gasteiger partial charge in [-0.3, -0.25) is 14.5 Å². The van der Waals surface area contributed by atoms with Crippen LogP contribution in [0.3, 0.4) is 0 Å². The number of hydrogen-bond acceptors (Lipinski definition) is 4. The summed E-state index contributed by atoms with van der Waals surface area (Å²) in [6.07, 6.45) is 5.96. The van der Waals surface area contributed by atoms with Crippen LogP contribution in [0.4, 0.5) is 5.69 Å². The van der Waals surface area contributed by atoms with Crippen LogP contribution in [0.15, 0.2) is 66.0 Å². The predicted molar refractivity (Wildman–Crippen MR) is 131 cm³/mol. The number of benzene rings is 2. The van der Waals surface area contributed by atoms with Crippen LogP contribution in [0.2, 0.25) is 5.02 Å². The smallest absolute Gasteiger partial charge is 0.248 e. The second kappa shape index (κ2) is 13.2. The fourth-order valence-electron chi connectivity index (χ4n) is 3.00. The Balaban J connectivity index is 0.00000114. The molecule has 0 saturated heterocycles. The van der Waals surface area contributed by atoms with Gasteiger partial charge in [0.25, 0.3) is 0 Å². The Bertz CT molecular complexity index is 1030. The maximum Gasteiger partial charge on any atom is 0.248 e. The van der Waals surface area contributed by atoms with E-state index in [4.69, 9.17) is 16.3 Å². The zero-order valence-electron chi connectivity index (χ0n) is 18.0. The molecule has 3 aromatic rings. The van der Waals surface area contributed by atoms with Gasteiger partial charge in [0, 0.05) is 17.1 Å². The molecule has 0 aliphatic heterocycles. The zero-order chi connectivity index (χ0) is 23.3. The summed E-state index contributed by atoms with van der Waals surface area (Å²) >= 11 is 7.65. The first-order valence-corrected chi connectivity index (χ1v) is 11.1. The minimum Gasteiger partial charge on any atom is -0.495 e. The number of hydrogen-bond donors (Lipinski definition) is 1. The van der Waals surface area contributed by atoms with Gasteiger partial charge in [0.05, 0.1) is 12.1 Å². The molecule has 32 heavy (non-hydrogen) atoms. The normalized spacial score (nSPS) is 10.7. The fourth-order valence-corrected chi connectivity index (χ4v) is 4.07. The molecule has 166 valence electrons. The van der Waals surface area contributed by atoms with E-state index in [1.165, 1.54) is 23.3 Å².